The summed E-state index contributed by atoms with van der Waals surface area (Å²) in [6.07, 6.45) is 3.76. The summed E-state index contributed by atoms with van der Waals surface area (Å²) in [5.74, 6) is 0.742. The molecule has 0 aromatic rings. The molecule has 3 atom stereocenters. The van der Waals surface area contributed by atoms with Crippen molar-refractivity contribution < 1.29 is 4.74 Å². The van der Waals surface area contributed by atoms with E-state index in [0.717, 1.165) is 19.1 Å². The summed E-state index contributed by atoms with van der Waals surface area (Å²) in [6.45, 7) is 4.21. The van der Waals surface area contributed by atoms with Gasteiger partial charge < -0.3 is 10.5 Å². The lowest BCUT2D eigenvalue weighted by Crippen LogP contribution is -2.28. The normalized spacial score (nSPS) is 50.7. The van der Waals surface area contributed by atoms with Crippen LogP contribution in [0.3, 0.4) is 0 Å². The third kappa shape index (κ3) is 1.18. The third-order valence-electron chi connectivity index (χ3n) is 3.44. The van der Waals surface area contributed by atoms with Crippen molar-refractivity contribution in [3.05, 3.63) is 0 Å². The Morgan fingerprint density at radius 2 is 2.27 bits per heavy atom. The van der Waals surface area contributed by atoms with Crippen LogP contribution < -0.4 is 5.73 Å². The Bertz CT molecular complexity index is 154. The maximum absolute atomic E-state index is 5.88. The molecule has 0 bridgehead atoms. The molecule has 2 rings (SSSR count). The predicted octanol–water partition coefficient (Wildman–Crippen LogP) is 1.15. The van der Waals surface area contributed by atoms with Crippen LogP contribution in [0.25, 0.3) is 0 Å². The van der Waals surface area contributed by atoms with E-state index in [0.29, 0.717) is 11.5 Å². The van der Waals surface area contributed by atoms with E-state index in [2.05, 4.69) is 6.92 Å². The van der Waals surface area contributed by atoms with E-state index in [9.17, 15) is 0 Å². The molecule has 0 spiro atoms. The Labute approximate surface area is 68.1 Å². The van der Waals surface area contributed by atoms with E-state index >= 15 is 0 Å². The topological polar surface area (TPSA) is 35.2 Å². The maximum Gasteiger partial charge on any atom is 0.0500 e. The first-order valence-electron chi connectivity index (χ1n) is 4.57. The molecule has 0 aromatic heterocycles. The summed E-state index contributed by atoms with van der Waals surface area (Å²) in [5.41, 5.74) is 6.31. The molecule has 2 aliphatic rings. The smallest absolute Gasteiger partial charge is 0.0500 e. The molecule has 11 heavy (non-hydrogen) atoms. The molecule has 2 nitrogen and oxygen atoms in total. The van der Waals surface area contributed by atoms with Crippen LogP contribution in [0.15, 0.2) is 0 Å². The largest absolute Gasteiger partial charge is 0.381 e. The van der Waals surface area contributed by atoms with Crippen LogP contribution in [0.4, 0.5) is 0 Å². The maximum atomic E-state index is 5.88. The van der Waals surface area contributed by atoms with Gasteiger partial charge in [0.15, 0.2) is 0 Å². The second kappa shape index (κ2) is 2.46. The number of hydrogen-bond acceptors (Lipinski definition) is 2. The second-order valence-corrected chi connectivity index (χ2v) is 4.23. The first-order valence-corrected chi connectivity index (χ1v) is 4.57. The van der Waals surface area contributed by atoms with Gasteiger partial charge in [0.2, 0.25) is 0 Å². The van der Waals surface area contributed by atoms with E-state index < -0.39 is 0 Å². The number of rotatable bonds is 1. The van der Waals surface area contributed by atoms with Crippen LogP contribution in [0.2, 0.25) is 0 Å². The fourth-order valence-corrected chi connectivity index (χ4v) is 2.15. The lowest BCUT2D eigenvalue weighted by molar-refractivity contribution is 0.0267. The summed E-state index contributed by atoms with van der Waals surface area (Å²) in [5, 5.41) is 0. The Morgan fingerprint density at radius 3 is 2.73 bits per heavy atom. The van der Waals surface area contributed by atoms with Crippen LogP contribution in [-0.2, 0) is 4.74 Å². The summed E-state index contributed by atoms with van der Waals surface area (Å²) in [7, 11) is 0. The summed E-state index contributed by atoms with van der Waals surface area (Å²) in [6, 6.07) is 0.453. The van der Waals surface area contributed by atoms with Gasteiger partial charge in [-0.25, -0.2) is 0 Å². The lowest BCUT2D eigenvalue weighted by atomic mass is 9.86. The molecule has 1 aliphatic carbocycles. The van der Waals surface area contributed by atoms with Crippen molar-refractivity contribution in [1.82, 2.24) is 0 Å². The zero-order valence-electron chi connectivity index (χ0n) is 7.18. The molecule has 0 aromatic carbocycles. The van der Waals surface area contributed by atoms with Gasteiger partial charge in [-0.05, 0) is 30.6 Å². The Balaban J connectivity index is 1.94. The summed E-state index contributed by atoms with van der Waals surface area (Å²) in [4.78, 5) is 0. The first kappa shape index (κ1) is 7.56. The molecule has 0 amide bonds. The standard InChI is InChI=1S/C9H17NO/c1-9(5-8(9)10)7-3-2-4-11-6-7/h7-8H,2-6,10H2,1H3. The van der Waals surface area contributed by atoms with Gasteiger partial charge in [0, 0.05) is 19.3 Å². The van der Waals surface area contributed by atoms with Gasteiger partial charge in [-0.2, -0.15) is 0 Å². The molecule has 2 N–H and O–H groups in total. The van der Waals surface area contributed by atoms with Crippen molar-refractivity contribution in [3.63, 3.8) is 0 Å². The summed E-state index contributed by atoms with van der Waals surface area (Å²) >= 11 is 0. The molecule has 0 radical (unpaired) electrons. The van der Waals surface area contributed by atoms with Crippen molar-refractivity contribution in [2.75, 3.05) is 13.2 Å². The lowest BCUT2D eigenvalue weighted by Gasteiger charge is -2.28. The highest BCUT2D eigenvalue weighted by Crippen LogP contribution is 2.52. The second-order valence-electron chi connectivity index (χ2n) is 4.23. The van der Waals surface area contributed by atoms with E-state index in [4.69, 9.17) is 10.5 Å². The highest BCUT2D eigenvalue weighted by atomic mass is 16.5. The van der Waals surface area contributed by atoms with Gasteiger partial charge in [0.1, 0.15) is 0 Å². The fraction of sp³-hybridized carbons (Fsp3) is 1.00. The van der Waals surface area contributed by atoms with Crippen LogP contribution >= 0.6 is 0 Å². The van der Waals surface area contributed by atoms with Gasteiger partial charge in [-0.15, -0.1) is 0 Å². The predicted molar refractivity (Wildman–Crippen MR) is 44.2 cm³/mol. The Hall–Kier alpha value is -0.0800. The highest BCUT2D eigenvalue weighted by molar-refractivity contribution is 5.06. The number of nitrogens with two attached hydrogens (primary N) is 1. The van der Waals surface area contributed by atoms with Gasteiger partial charge in [0.25, 0.3) is 0 Å². The van der Waals surface area contributed by atoms with Crippen molar-refractivity contribution in [2.45, 2.75) is 32.2 Å². The van der Waals surface area contributed by atoms with Crippen molar-refractivity contribution >= 4 is 0 Å². The quantitative estimate of drug-likeness (QED) is 0.616. The van der Waals surface area contributed by atoms with E-state index in [1.54, 1.807) is 0 Å². The molecule has 64 valence electrons. The Kier molecular flexibility index (Phi) is 1.69. The average Bonchev–Trinajstić information content (AvgIpc) is 2.64. The van der Waals surface area contributed by atoms with E-state index in [1.807, 2.05) is 0 Å². The average molecular weight is 155 g/mol. The van der Waals surface area contributed by atoms with Crippen LogP contribution in [0, 0.1) is 11.3 Å². The minimum Gasteiger partial charge on any atom is -0.381 e. The highest BCUT2D eigenvalue weighted by Gasteiger charge is 2.52. The van der Waals surface area contributed by atoms with Crippen molar-refractivity contribution in [3.8, 4) is 0 Å². The minimum atomic E-state index is 0.431. The molecular formula is C9H17NO. The number of hydrogen-bond donors (Lipinski definition) is 1. The van der Waals surface area contributed by atoms with Gasteiger partial charge in [-0.1, -0.05) is 6.92 Å². The molecule has 1 saturated heterocycles. The van der Waals surface area contributed by atoms with Crippen LogP contribution in [0.1, 0.15) is 26.2 Å². The van der Waals surface area contributed by atoms with Gasteiger partial charge >= 0.3 is 0 Å². The minimum absolute atomic E-state index is 0.431. The molecule has 1 heterocycles. The zero-order chi connectivity index (χ0) is 7.90. The first-order chi connectivity index (χ1) is 5.23. The third-order valence-corrected chi connectivity index (χ3v) is 3.44. The van der Waals surface area contributed by atoms with Crippen molar-refractivity contribution in [2.24, 2.45) is 17.1 Å². The van der Waals surface area contributed by atoms with Crippen molar-refractivity contribution in [1.29, 1.82) is 0 Å². The van der Waals surface area contributed by atoms with Crippen LogP contribution in [-0.4, -0.2) is 19.3 Å². The molecule has 2 fully saturated rings. The van der Waals surface area contributed by atoms with Gasteiger partial charge in [-0.3, -0.25) is 0 Å². The van der Waals surface area contributed by atoms with E-state index in [1.165, 1.54) is 19.3 Å². The molecule has 1 aliphatic heterocycles. The SMILES string of the molecule is CC1(C2CCCOC2)CC1N. The fourth-order valence-electron chi connectivity index (χ4n) is 2.15. The molecule has 1 saturated carbocycles. The Morgan fingerprint density at radius 1 is 1.55 bits per heavy atom. The monoisotopic (exact) mass is 155 g/mol. The van der Waals surface area contributed by atoms with Gasteiger partial charge in [0.05, 0.1) is 0 Å². The van der Waals surface area contributed by atoms with E-state index in [-0.39, 0.29) is 0 Å². The zero-order valence-corrected chi connectivity index (χ0v) is 7.18. The summed E-state index contributed by atoms with van der Waals surface area (Å²) < 4.78 is 5.44. The number of ether oxygens (including phenoxy) is 1. The molecular weight excluding hydrogens is 138 g/mol. The molecule has 2 heteroatoms. The van der Waals surface area contributed by atoms with Crippen LogP contribution in [0.5, 0.6) is 0 Å². The molecule has 3 unspecified atom stereocenters.